The number of hydrogen-bond acceptors (Lipinski definition) is 6. The summed E-state index contributed by atoms with van der Waals surface area (Å²) in [6.07, 6.45) is 10.6. The summed E-state index contributed by atoms with van der Waals surface area (Å²) in [5.41, 5.74) is -0.642. The molecule has 8 nitrogen and oxygen atoms in total. The Morgan fingerprint density at radius 2 is 2.07 bits per heavy atom. The van der Waals surface area contributed by atoms with Crippen LogP contribution in [0.4, 0.5) is 0 Å². The van der Waals surface area contributed by atoms with Crippen molar-refractivity contribution in [2.45, 2.75) is 76.7 Å². The fraction of sp³-hybridized carbons (Fsp3) is 0.727. The maximum Gasteiger partial charge on any atom is 0.230 e. The molecule has 2 bridgehead atoms. The molecule has 0 aromatic carbocycles. The van der Waals surface area contributed by atoms with Gasteiger partial charge in [-0.05, 0) is 19.8 Å². The van der Waals surface area contributed by atoms with Crippen molar-refractivity contribution >= 4 is 11.8 Å². The lowest BCUT2D eigenvalue weighted by molar-refractivity contribution is -0.144. The minimum atomic E-state index is -0.642. The first-order valence-electron chi connectivity index (χ1n) is 11.3. The van der Waals surface area contributed by atoms with Crippen LogP contribution >= 0.6 is 0 Å². The van der Waals surface area contributed by atoms with E-state index in [1.54, 1.807) is 11.8 Å². The molecule has 1 aromatic heterocycles. The van der Waals surface area contributed by atoms with Gasteiger partial charge in [0.15, 0.2) is 5.82 Å². The molecule has 30 heavy (non-hydrogen) atoms. The van der Waals surface area contributed by atoms with Gasteiger partial charge in [-0.3, -0.25) is 9.59 Å². The van der Waals surface area contributed by atoms with Crippen molar-refractivity contribution in [2.75, 3.05) is 13.1 Å². The summed E-state index contributed by atoms with van der Waals surface area (Å²) < 4.78 is 11.4. The second kappa shape index (κ2) is 7.48. The molecule has 8 heteroatoms. The van der Waals surface area contributed by atoms with Crippen LogP contribution in [0.3, 0.4) is 0 Å². The van der Waals surface area contributed by atoms with Gasteiger partial charge in [0.25, 0.3) is 0 Å². The van der Waals surface area contributed by atoms with Gasteiger partial charge in [-0.15, -0.1) is 0 Å². The van der Waals surface area contributed by atoms with E-state index in [1.165, 1.54) is 25.7 Å². The molecule has 0 unspecified atom stereocenters. The van der Waals surface area contributed by atoms with E-state index in [2.05, 4.69) is 10.1 Å². The second-order valence-electron chi connectivity index (χ2n) is 9.09. The average molecular weight is 415 g/mol. The molecule has 2 saturated heterocycles. The normalized spacial score (nSPS) is 33.2. The minimum absolute atomic E-state index is 0.0581. The van der Waals surface area contributed by atoms with E-state index in [1.807, 2.05) is 24.0 Å². The maximum atomic E-state index is 13.6. The number of ether oxygens (including phenoxy) is 1. The molecule has 1 spiro atoms. The summed E-state index contributed by atoms with van der Waals surface area (Å²) in [6, 6.07) is 0.274. The topological polar surface area (TPSA) is 88.8 Å². The number of carbonyl (C=O) groups is 2. The van der Waals surface area contributed by atoms with Crippen LogP contribution < -0.4 is 0 Å². The number of amides is 2. The van der Waals surface area contributed by atoms with E-state index in [0.29, 0.717) is 24.8 Å². The Labute approximate surface area is 176 Å². The van der Waals surface area contributed by atoms with Crippen molar-refractivity contribution in [3.05, 3.63) is 23.9 Å². The largest absolute Gasteiger partial charge is 0.360 e. The standard InChI is InChI=1S/C22H30N4O4/c1-3-25(12-17-23-14(2)30-24-17)20(27)18-16-10-11-22(29-16)13-26(21(28)19(18)22)15-8-6-4-5-7-9-15/h10-11,15-16,18-19H,3-9,12-13H2,1-2H3/t16-,18+,19-,22-/m0/s1. The Bertz CT molecular complexity index is 859. The molecule has 1 saturated carbocycles. The smallest absolute Gasteiger partial charge is 0.230 e. The number of likely N-dealkylation sites (tertiary alicyclic amines) is 1. The number of rotatable bonds is 5. The van der Waals surface area contributed by atoms with Crippen LogP contribution in [0.15, 0.2) is 16.7 Å². The van der Waals surface area contributed by atoms with Crippen molar-refractivity contribution in [2.24, 2.45) is 11.8 Å². The van der Waals surface area contributed by atoms with Gasteiger partial charge in [0.05, 0.1) is 31.0 Å². The molecular weight excluding hydrogens is 384 g/mol. The fourth-order valence-electron chi connectivity index (χ4n) is 5.82. The van der Waals surface area contributed by atoms with Crippen LogP contribution in [0, 0.1) is 18.8 Å². The molecule has 4 atom stereocenters. The zero-order valence-corrected chi connectivity index (χ0v) is 17.7. The van der Waals surface area contributed by atoms with Crippen molar-refractivity contribution in [1.29, 1.82) is 0 Å². The molecular formula is C22H30N4O4. The van der Waals surface area contributed by atoms with Crippen LogP contribution in [0.1, 0.15) is 57.2 Å². The number of nitrogens with zero attached hydrogens (tertiary/aromatic N) is 4. The third-order valence-electron chi connectivity index (χ3n) is 7.28. The van der Waals surface area contributed by atoms with E-state index in [9.17, 15) is 9.59 Å². The average Bonchev–Trinajstić information content (AvgIpc) is 3.43. The van der Waals surface area contributed by atoms with Crippen LogP contribution in [0.25, 0.3) is 0 Å². The molecule has 0 radical (unpaired) electrons. The van der Waals surface area contributed by atoms with E-state index in [4.69, 9.17) is 9.26 Å². The van der Waals surface area contributed by atoms with Crippen LogP contribution in [-0.2, 0) is 20.9 Å². The summed E-state index contributed by atoms with van der Waals surface area (Å²) in [7, 11) is 0. The highest BCUT2D eigenvalue weighted by atomic mass is 16.5. The van der Waals surface area contributed by atoms with Gasteiger partial charge >= 0.3 is 0 Å². The Kier molecular flexibility index (Phi) is 4.92. The number of carbonyl (C=O) groups excluding carboxylic acids is 2. The van der Waals surface area contributed by atoms with Gasteiger partial charge in [0.1, 0.15) is 5.60 Å². The zero-order valence-electron chi connectivity index (χ0n) is 17.7. The highest BCUT2D eigenvalue weighted by Crippen LogP contribution is 2.53. The van der Waals surface area contributed by atoms with Gasteiger partial charge in [-0.2, -0.15) is 4.98 Å². The highest BCUT2D eigenvalue weighted by Gasteiger charge is 2.67. The highest BCUT2D eigenvalue weighted by molar-refractivity contribution is 5.93. The third kappa shape index (κ3) is 3.07. The van der Waals surface area contributed by atoms with E-state index in [-0.39, 0.29) is 30.5 Å². The van der Waals surface area contributed by atoms with Gasteiger partial charge in [0.2, 0.25) is 17.7 Å². The van der Waals surface area contributed by atoms with Gasteiger partial charge in [-0.1, -0.05) is 43.0 Å². The third-order valence-corrected chi connectivity index (χ3v) is 7.28. The Hall–Kier alpha value is -2.22. The van der Waals surface area contributed by atoms with Gasteiger partial charge in [0, 0.05) is 19.5 Å². The molecule has 1 aromatic rings. The lowest BCUT2D eigenvalue weighted by Gasteiger charge is -2.30. The number of fused-ring (bicyclic) bond motifs is 1. The van der Waals surface area contributed by atoms with Gasteiger partial charge < -0.3 is 19.1 Å². The summed E-state index contributed by atoms with van der Waals surface area (Å²) >= 11 is 0. The van der Waals surface area contributed by atoms with Crippen LogP contribution in [0.5, 0.6) is 0 Å². The SMILES string of the molecule is CCN(Cc1noc(C)n1)C(=O)[C@@H]1[C@@H]2C=C[C@@]3(CN(C4CCCCCC4)C(=O)[C@H]13)O2. The van der Waals surface area contributed by atoms with E-state index in [0.717, 1.165) is 12.8 Å². The second-order valence-corrected chi connectivity index (χ2v) is 9.09. The maximum absolute atomic E-state index is 13.6. The predicted molar refractivity (Wildman–Crippen MR) is 107 cm³/mol. The first-order chi connectivity index (χ1) is 14.5. The summed E-state index contributed by atoms with van der Waals surface area (Å²) in [4.78, 5) is 35.1. The molecule has 3 fully saturated rings. The Morgan fingerprint density at radius 1 is 1.30 bits per heavy atom. The summed E-state index contributed by atoms with van der Waals surface area (Å²) in [5, 5.41) is 3.92. The molecule has 162 valence electrons. The molecule has 5 rings (SSSR count). The fourth-order valence-corrected chi connectivity index (χ4v) is 5.82. The monoisotopic (exact) mass is 414 g/mol. The van der Waals surface area contributed by atoms with Gasteiger partial charge in [-0.25, -0.2) is 0 Å². The first-order valence-corrected chi connectivity index (χ1v) is 11.3. The van der Waals surface area contributed by atoms with Crippen LogP contribution in [0.2, 0.25) is 0 Å². The van der Waals surface area contributed by atoms with Crippen molar-refractivity contribution in [3.63, 3.8) is 0 Å². The van der Waals surface area contributed by atoms with Crippen molar-refractivity contribution in [3.8, 4) is 0 Å². The summed E-state index contributed by atoms with van der Waals surface area (Å²) in [5.74, 6) is 0.0878. The molecule has 0 N–H and O–H groups in total. The zero-order chi connectivity index (χ0) is 20.9. The van der Waals surface area contributed by atoms with E-state index < -0.39 is 17.4 Å². The Morgan fingerprint density at radius 3 is 2.73 bits per heavy atom. The lowest BCUT2D eigenvalue weighted by atomic mass is 9.76. The van der Waals surface area contributed by atoms with E-state index >= 15 is 0 Å². The van der Waals surface area contributed by atoms with Crippen LogP contribution in [-0.4, -0.2) is 62.6 Å². The predicted octanol–water partition coefficient (Wildman–Crippen LogP) is 2.23. The first kappa shape index (κ1) is 19.7. The lowest BCUT2D eigenvalue weighted by Crippen LogP contribution is -2.46. The number of aryl methyl sites for hydroxylation is 1. The molecule has 4 aliphatic rings. The summed E-state index contributed by atoms with van der Waals surface area (Å²) in [6.45, 7) is 5.03. The van der Waals surface area contributed by atoms with Crippen molar-refractivity contribution < 1.29 is 18.8 Å². The molecule has 4 heterocycles. The number of aromatic nitrogens is 2. The minimum Gasteiger partial charge on any atom is -0.360 e. The quantitative estimate of drug-likeness (QED) is 0.542. The molecule has 1 aliphatic carbocycles. The number of hydrogen-bond donors (Lipinski definition) is 0. The Balaban J connectivity index is 1.38. The molecule has 2 amide bonds. The molecule has 3 aliphatic heterocycles. The van der Waals surface area contributed by atoms with Crippen molar-refractivity contribution in [1.82, 2.24) is 19.9 Å².